The molecule has 2 aromatic rings. The SMILES string of the molecule is Cc1c(CC(=O)N2CCCC3=C[C@@H]4C[C@@H](CN5CCCC[C@H]45)[C@@H]32)c(=O)oc2c(C)c(O)ccc12. The fourth-order valence-corrected chi connectivity index (χ4v) is 7.29. The summed E-state index contributed by atoms with van der Waals surface area (Å²) in [7, 11) is 0. The van der Waals surface area contributed by atoms with Gasteiger partial charge in [-0.15, -0.1) is 0 Å². The lowest BCUT2D eigenvalue weighted by molar-refractivity contribution is -0.135. The third-order valence-electron chi connectivity index (χ3n) is 8.98. The summed E-state index contributed by atoms with van der Waals surface area (Å²) in [4.78, 5) is 31.4. The highest BCUT2D eigenvalue weighted by Gasteiger charge is 2.46. The third-order valence-corrected chi connectivity index (χ3v) is 8.98. The van der Waals surface area contributed by atoms with Gasteiger partial charge in [-0.3, -0.25) is 9.69 Å². The number of rotatable bonds is 2. The molecule has 180 valence electrons. The minimum Gasteiger partial charge on any atom is -0.508 e. The van der Waals surface area contributed by atoms with Crippen LogP contribution in [0.25, 0.3) is 11.0 Å². The van der Waals surface area contributed by atoms with Gasteiger partial charge in [0.15, 0.2) is 0 Å². The van der Waals surface area contributed by atoms with E-state index in [4.69, 9.17) is 4.42 Å². The van der Waals surface area contributed by atoms with E-state index in [2.05, 4.69) is 15.9 Å². The molecule has 4 atom stereocenters. The van der Waals surface area contributed by atoms with Crippen LogP contribution in [-0.2, 0) is 11.2 Å². The molecule has 0 radical (unpaired) electrons. The zero-order valence-electron chi connectivity index (χ0n) is 20.2. The molecule has 6 heteroatoms. The summed E-state index contributed by atoms with van der Waals surface area (Å²) in [5.74, 6) is 1.25. The van der Waals surface area contributed by atoms with Crippen LogP contribution in [0.15, 0.2) is 33.0 Å². The van der Waals surface area contributed by atoms with Crippen molar-refractivity contribution in [3.8, 4) is 5.75 Å². The number of nitrogens with zero attached hydrogens (tertiary/aromatic N) is 2. The molecule has 3 saturated heterocycles. The number of phenolic OH excluding ortho intramolecular Hbond substituents is 1. The van der Waals surface area contributed by atoms with Crippen molar-refractivity contribution in [2.24, 2.45) is 11.8 Å². The van der Waals surface area contributed by atoms with E-state index in [1.54, 1.807) is 19.1 Å². The molecule has 4 heterocycles. The predicted octanol–water partition coefficient (Wildman–Crippen LogP) is 4.08. The van der Waals surface area contributed by atoms with Crippen LogP contribution in [0.2, 0.25) is 0 Å². The predicted molar refractivity (Wildman–Crippen MR) is 131 cm³/mol. The average molecular weight is 463 g/mol. The molecule has 1 aromatic heterocycles. The minimum absolute atomic E-state index is 0.0278. The Hall–Kier alpha value is -2.60. The quantitative estimate of drug-likeness (QED) is 0.538. The van der Waals surface area contributed by atoms with Crippen molar-refractivity contribution in [1.29, 1.82) is 0 Å². The van der Waals surface area contributed by atoms with Crippen LogP contribution >= 0.6 is 0 Å². The smallest absolute Gasteiger partial charge is 0.340 e. The Kier molecular flexibility index (Phi) is 5.32. The summed E-state index contributed by atoms with van der Waals surface area (Å²) in [6, 6.07) is 4.25. The highest BCUT2D eigenvalue weighted by molar-refractivity contribution is 5.87. The Morgan fingerprint density at radius 3 is 2.85 bits per heavy atom. The zero-order chi connectivity index (χ0) is 23.6. The van der Waals surface area contributed by atoms with E-state index in [0.717, 1.165) is 36.9 Å². The molecule has 0 spiro atoms. The van der Waals surface area contributed by atoms with Gasteiger partial charge in [-0.2, -0.15) is 0 Å². The molecule has 34 heavy (non-hydrogen) atoms. The zero-order valence-corrected chi connectivity index (χ0v) is 20.2. The van der Waals surface area contributed by atoms with Gasteiger partial charge in [0.2, 0.25) is 5.91 Å². The summed E-state index contributed by atoms with van der Waals surface area (Å²) >= 11 is 0. The summed E-state index contributed by atoms with van der Waals surface area (Å²) in [5, 5.41) is 10.8. The first-order valence-corrected chi connectivity index (χ1v) is 12.9. The second-order valence-electron chi connectivity index (χ2n) is 10.9. The Morgan fingerprint density at radius 1 is 1.15 bits per heavy atom. The highest BCUT2D eigenvalue weighted by Crippen LogP contribution is 2.45. The van der Waals surface area contributed by atoms with Crippen LogP contribution in [0.4, 0.5) is 0 Å². The van der Waals surface area contributed by atoms with E-state index in [9.17, 15) is 14.7 Å². The van der Waals surface area contributed by atoms with Gasteiger partial charge in [-0.05, 0) is 82.0 Å². The summed E-state index contributed by atoms with van der Waals surface area (Å²) in [6.07, 6.45) is 9.78. The summed E-state index contributed by atoms with van der Waals surface area (Å²) < 4.78 is 5.60. The Balaban J connectivity index is 1.31. The first-order chi connectivity index (χ1) is 16.4. The standard InChI is InChI=1S/C28H34N2O4/c1-16-21-8-9-24(31)17(2)27(21)34-28(33)22(16)14-25(32)30-11-5-6-18-12-19-13-20(26(18)30)15-29-10-4-3-7-23(19)29/h8-9,12,19-20,23,26,31H,3-7,10-11,13-15H2,1-2H3/t19-,20+,23-,26-/m1/s1. The molecule has 0 unspecified atom stereocenters. The lowest BCUT2D eigenvalue weighted by Crippen LogP contribution is -2.60. The molecular formula is C28H34N2O4. The highest BCUT2D eigenvalue weighted by atomic mass is 16.4. The number of aryl methyl sites for hydroxylation is 2. The van der Waals surface area contributed by atoms with Gasteiger partial charge in [0.05, 0.1) is 18.0 Å². The number of carbonyl (C=O) groups excluding carboxylic acids is 1. The second-order valence-corrected chi connectivity index (χ2v) is 10.9. The van der Waals surface area contributed by atoms with Crippen molar-refractivity contribution in [3.05, 3.63) is 50.9 Å². The normalized spacial score (nSPS) is 28.9. The molecule has 3 fully saturated rings. The number of amides is 1. The number of hydrogen-bond acceptors (Lipinski definition) is 5. The first kappa shape index (κ1) is 21.9. The van der Waals surface area contributed by atoms with Crippen molar-refractivity contribution >= 4 is 16.9 Å². The largest absolute Gasteiger partial charge is 0.508 e. The fraction of sp³-hybridized carbons (Fsp3) is 0.571. The van der Waals surface area contributed by atoms with Gasteiger partial charge in [0, 0.05) is 30.1 Å². The van der Waals surface area contributed by atoms with E-state index < -0.39 is 5.63 Å². The van der Waals surface area contributed by atoms with Crippen LogP contribution in [0, 0.1) is 25.7 Å². The van der Waals surface area contributed by atoms with Gasteiger partial charge in [-0.1, -0.05) is 18.1 Å². The van der Waals surface area contributed by atoms with Crippen LogP contribution in [0.3, 0.4) is 0 Å². The van der Waals surface area contributed by atoms with Crippen molar-refractivity contribution in [2.45, 2.75) is 70.9 Å². The molecular weight excluding hydrogens is 428 g/mol. The molecule has 6 rings (SSSR count). The number of phenols is 1. The van der Waals surface area contributed by atoms with Gasteiger partial charge >= 0.3 is 5.63 Å². The van der Waals surface area contributed by atoms with E-state index in [1.165, 1.54) is 37.8 Å². The number of likely N-dealkylation sites (tertiary alicyclic amines) is 1. The molecule has 3 aliphatic heterocycles. The minimum atomic E-state index is -0.475. The number of benzene rings is 1. The van der Waals surface area contributed by atoms with Gasteiger partial charge in [0.1, 0.15) is 11.3 Å². The van der Waals surface area contributed by atoms with Gasteiger partial charge in [-0.25, -0.2) is 4.79 Å². The number of piperidine rings is 3. The van der Waals surface area contributed by atoms with Crippen LogP contribution in [0.5, 0.6) is 5.75 Å². The molecule has 1 N–H and O–H groups in total. The number of hydrogen-bond donors (Lipinski definition) is 1. The Bertz CT molecular complexity index is 1250. The molecule has 1 amide bonds. The molecule has 4 aliphatic rings. The average Bonchev–Trinajstić information content (AvgIpc) is 2.84. The van der Waals surface area contributed by atoms with E-state index >= 15 is 0 Å². The molecule has 0 saturated carbocycles. The lowest BCUT2D eigenvalue weighted by Gasteiger charge is -2.54. The van der Waals surface area contributed by atoms with Crippen molar-refractivity contribution in [2.75, 3.05) is 19.6 Å². The van der Waals surface area contributed by atoms with Crippen LogP contribution < -0.4 is 5.63 Å². The van der Waals surface area contributed by atoms with Gasteiger partial charge < -0.3 is 14.4 Å². The van der Waals surface area contributed by atoms with Crippen molar-refractivity contribution in [1.82, 2.24) is 9.80 Å². The van der Waals surface area contributed by atoms with E-state index in [-0.39, 0.29) is 24.1 Å². The van der Waals surface area contributed by atoms with Crippen LogP contribution in [0.1, 0.15) is 55.2 Å². The molecule has 2 bridgehead atoms. The lowest BCUT2D eigenvalue weighted by atomic mass is 9.68. The molecule has 1 aliphatic carbocycles. The maximum atomic E-state index is 13.7. The fourth-order valence-electron chi connectivity index (χ4n) is 7.29. The van der Waals surface area contributed by atoms with Gasteiger partial charge in [0.25, 0.3) is 0 Å². The first-order valence-electron chi connectivity index (χ1n) is 12.9. The third kappa shape index (κ3) is 3.41. The van der Waals surface area contributed by atoms with E-state index in [0.29, 0.717) is 34.6 Å². The molecule has 1 aromatic carbocycles. The number of carbonyl (C=O) groups is 1. The summed E-state index contributed by atoms with van der Waals surface area (Å²) in [6.45, 7) is 6.65. The summed E-state index contributed by atoms with van der Waals surface area (Å²) in [5.41, 5.74) is 3.14. The maximum absolute atomic E-state index is 13.7. The van der Waals surface area contributed by atoms with Crippen molar-refractivity contribution < 1.29 is 14.3 Å². The Morgan fingerprint density at radius 2 is 2.00 bits per heavy atom. The van der Waals surface area contributed by atoms with E-state index in [1.807, 2.05) is 6.92 Å². The monoisotopic (exact) mass is 462 g/mol. The molecule has 6 nitrogen and oxygen atoms in total. The topological polar surface area (TPSA) is 74.0 Å². The number of aromatic hydroxyl groups is 1. The van der Waals surface area contributed by atoms with Crippen molar-refractivity contribution in [3.63, 3.8) is 0 Å². The number of fused-ring (bicyclic) bond motifs is 7. The van der Waals surface area contributed by atoms with Crippen LogP contribution in [-0.4, -0.2) is 52.5 Å². The maximum Gasteiger partial charge on any atom is 0.340 e. The Labute approximate surface area is 200 Å². The second kappa shape index (κ2) is 8.26.